The van der Waals surface area contributed by atoms with Gasteiger partial charge in [-0.15, -0.1) is 0 Å². The SMILES string of the molecule is Cc1cc(S(=O)(=O)N2CCC(CN(C)C3CCN(c4cccc5c4n(C)c(=O)n5C4CCC(=O)NC4=O)CC3)CC2)ccc1Nc1ncc2c(n1)N(C1CCCC1)C(=O)C21CC1. The lowest BCUT2D eigenvalue weighted by molar-refractivity contribution is -0.135. The quantitative estimate of drug-likeness (QED) is 0.215. The number of hydrogen-bond acceptors (Lipinski definition) is 11. The van der Waals surface area contributed by atoms with Gasteiger partial charge in [0, 0.05) is 75.7 Å². The first-order chi connectivity index (χ1) is 29.8. The van der Waals surface area contributed by atoms with E-state index in [4.69, 9.17) is 4.98 Å². The molecule has 1 unspecified atom stereocenters. The number of sulfonamides is 1. The van der Waals surface area contributed by atoms with E-state index in [1.165, 1.54) is 4.57 Å². The Balaban J connectivity index is 0.739. The van der Waals surface area contributed by atoms with Gasteiger partial charge in [0.15, 0.2) is 0 Å². The van der Waals surface area contributed by atoms with Crippen molar-refractivity contribution in [2.45, 2.75) is 112 Å². The summed E-state index contributed by atoms with van der Waals surface area (Å²) in [4.78, 5) is 68.0. The Bertz CT molecular complexity index is 2630. The van der Waals surface area contributed by atoms with Gasteiger partial charge in [-0.25, -0.2) is 18.2 Å². The van der Waals surface area contributed by atoms with E-state index >= 15 is 0 Å². The number of para-hydroxylation sites is 1. The van der Waals surface area contributed by atoms with Crippen LogP contribution in [0.5, 0.6) is 0 Å². The van der Waals surface area contributed by atoms with Crippen LogP contribution in [-0.2, 0) is 36.9 Å². The topological polar surface area (TPSA) is 175 Å². The van der Waals surface area contributed by atoms with Gasteiger partial charge in [0.2, 0.25) is 33.7 Å². The number of nitrogens with zero attached hydrogens (tertiary/aromatic N) is 8. The molecule has 6 aliphatic rings. The number of imidazole rings is 1. The molecule has 1 spiro atoms. The summed E-state index contributed by atoms with van der Waals surface area (Å²) < 4.78 is 32.6. The van der Waals surface area contributed by atoms with Crippen LogP contribution >= 0.6 is 0 Å². The van der Waals surface area contributed by atoms with E-state index in [9.17, 15) is 27.6 Å². The lowest BCUT2D eigenvalue weighted by atomic mass is 9.95. The maximum atomic E-state index is 13.9. The summed E-state index contributed by atoms with van der Waals surface area (Å²) in [5.41, 5.74) is 4.18. The Morgan fingerprint density at radius 3 is 2.37 bits per heavy atom. The number of fused-ring (bicyclic) bond motifs is 3. The fraction of sp³-hybridized carbons (Fsp3) is 0.556. The number of anilines is 4. The first-order valence-corrected chi connectivity index (χ1v) is 23.9. The van der Waals surface area contributed by atoms with Crippen molar-refractivity contribution in [2.75, 3.05) is 54.9 Å². The standard InChI is InChI=1S/C45H56N10O6S/c1-28-25-32(11-12-34(28)47-43-46-26-33-40(49-43)54(31-7-4-5-8-31)42(58)45(33)19-20-45)62(60,61)53-23-15-29(16-24-53)27-50(2)30-17-21-52(22-18-30)35-9-6-10-36-39(35)51(3)44(59)55(36)37-13-14-38(56)48-41(37)57/h6,9-12,25-26,29-31,37H,4-5,7-8,13-24,27H2,1-3H3,(H,46,47,49)(H,48,56,57). The molecule has 4 aliphatic heterocycles. The molecule has 0 bridgehead atoms. The second kappa shape index (κ2) is 15.6. The average Bonchev–Trinajstić information content (AvgIpc) is 3.72. The minimum absolute atomic E-state index is 0.176. The van der Waals surface area contributed by atoms with E-state index in [1.54, 1.807) is 34.1 Å². The number of aromatic nitrogens is 4. The summed E-state index contributed by atoms with van der Waals surface area (Å²) >= 11 is 0. The fourth-order valence-corrected chi connectivity index (χ4v) is 12.6. The normalized spacial score (nSPS) is 22.6. The molecule has 2 aromatic heterocycles. The van der Waals surface area contributed by atoms with Crippen LogP contribution in [0.1, 0.15) is 94.2 Å². The van der Waals surface area contributed by atoms with Crippen LogP contribution in [-0.4, -0.2) is 106 Å². The number of amides is 3. The van der Waals surface area contributed by atoms with E-state index in [0.717, 1.165) is 118 Å². The van der Waals surface area contributed by atoms with Gasteiger partial charge in [-0.1, -0.05) is 18.9 Å². The zero-order chi connectivity index (χ0) is 43.1. The summed E-state index contributed by atoms with van der Waals surface area (Å²) in [5, 5.41) is 5.70. The number of benzene rings is 2. The molecule has 10 rings (SSSR count). The number of aryl methyl sites for hydroxylation is 2. The monoisotopic (exact) mass is 864 g/mol. The Kier molecular flexibility index (Phi) is 10.3. The van der Waals surface area contributed by atoms with Crippen molar-refractivity contribution in [3.8, 4) is 0 Å². The molecular weight excluding hydrogens is 809 g/mol. The molecular formula is C45H56N10O6S. The summed E-state index contributed by atoms with van der Waals surface area (Å²) in [6, 6.07) is 10.9. The molecule has 3 amide bonds. The lowest BCUT2D eigenvalue weighted by Crippen LogP contribution is -2.46. The van der Waals surface area contributed by atoms with Crippen molar-refractivity contribution in [1.29, 1.82) is 0 Å². The van der Waals surface area contributed by atoms with Gasteiger partial charge >= 0.3 is 5.69 Å². The van der Waals surface area contributed by atoms with Gasteiger partial charge in [-0.05, 0) is 114 Å². The average molecular weight is 865 g/mol. The molecule has 2 N–H and O–H groups in total. The van der Waals surface area contributed by atoms with E-state index < -0.39 is 27.4 Å². The second-order valence-corrected chi connectivity index (χ2v) is 20.5. The van der Waals surface area contributed by atoms with E-state index in [2.05, 4.69) is 32.5 Å². The molecule has 2 aromatic carbocycles. The van der Waals surface area contributed by atoms with Gasteiger partial charge in [-0.3, -0.25) is 33.7 Å². The summed E-state index contributed by atoms with van der Waals surface area (Å²) in [7, 11) is 0.225. The van der Waals surface area contributed by atoms with Crippen LogP contribution in [0.3, 0.4) is 0 Å². The molecule has 62 heavy (non-hydrogen) atoms. The Morgan fingerprint density at radius 2 is 1.68 bits per heavy atom. The summed E-state index contributed by atoms with van der Waals surface area (Å²) in [5.74, 6) is 0.944. The van der Waals surface area contributed by atoms with Crippen molar-refractivity contribution in [3.63, 3.8) is 0 Å². The van der Waals surface area contributed by atoms with Crippen molar-refractivity contribution in [3.05, 3.63) is 64.2 Å². The molecule has 2 aliphatic carbocycles. The number of hydrogen-bond donors (Lipinski definition) is 2. The third-order valence-electron chi connectivity index (χ3n) is 14.8. The van der Waals surface area contributed by atoms with Crippen LogP contribution in [0.25, 0.3) is 11.0 Å². The van der Waals surface area contributed by atoms with Gasteiger partial charge < -0.3 is 15.1 Å². The van der Waals surface area contributed by atoms with Crippen LogP contribution in [0.4, 0.5) is 23.1 Å². The van der Waals surface area contributed by atoms with E-state index in [-0.39, 0.29) is 34.9 Å². The van der Waals surface area contributed by atoms with Crippen molar-refractivity contribution < 1.29 is 22.8 Å². The highest BCUT2D eigenvalue weighted by Gasteiger charge is 2.61. The lowest BCUT2D eigenvalue weighted by Gasteiger charge is -2.40. The van der Waals surface area contributed by atoms with Crippen molar-refractivity contribution >= 4 is 61.9 Å². The molecule has 0 radical (unpaired) electrons. The van der Waals surface area contributed by atoms with E-state index in [1.807, 2.05) is 36.2 Å². The number of piperidine rings is 3. The number of rotatable bonds is 10. The molecule has 16 nitrogen and oxygen atoms in total. The van der Waals surface area contributed by atoms with Gasteiger partial charge in [0.05, 0.1) is 27.0 Å². The fourth-order valence-electron chi connectivity index (χ4n) is 11.1. The highest BCUT2D eigenvalue weighted by molar-refractivity contribution is 7.89. The molecule has 1 atom stereocenters. The van der Waals surface area contributed by atoms with Crippen molar-refractivity contribution in [1.82, 2.24) is 33.6 Å². The van der Waals surface area contributed by atoms with Gasteiger partial charge in [-0.2, -0.15) is 9.29 Å². The maximum Gasteiger partial charge on any atom is 0.329 e. The largest absolute Gasteiger partial charge is 0.370 e. The zero-order valence-electron chi connectivity index (χ0n) is 35.8. The van der Waals surface area contributed by atoms with Crippen LogP contribution < -0.4 is 26.1 Å². The number of carbonyl (C=O) groups is 3. The Hall–Kier alpha value is -5.13. The predicted molar refractivity (Wildman–Crippen MR) is 235 cm³/mol. The first-order valence-electron chi connectivity index (χ1n) is 22.4. The van der Waals surface area contributed by atoms with Gasteiger partial charge in [0.25, 0.3) is 0 Å². The molecule has 6 heterocycles. The maximum absolute atomic E-state index is 13.9. The highest BCUT2D eigenvalue weighted by atomic mass is 32.2. The zero-order valence-corrected chi connectivity index (χ0v) is 36.6. The summed E-state index contributed by atoms with van der Waals surface area (Å²) in [6.07, 6.45) is 11.7. The third kappa shape index (κ3) is 6.90. The van der Waals surface area contributed by atoms with Crippen LogP contribution in [0, 0.1) is 12.8 Å². The number of imide groups is 1. The minimum atomic E-state index is -3.69. The molecule has 17 heteroatoms. The first kappa shape index (κ1) is 40.9. The van der Waals surface area contributed by atoms with Crippen molar-refractivity contribution in [2.24, 2.45) is 13.0 Å². The van der Waals surface area contributed by atoms with Gasteiger partial charge in [0.1, 0.15) is 11.9 Å². The number of nitrogens with one attached hydrogen (secondary N) is 2. The third-order valence-corrected chi connectivity index (χ3v) is 16.7. The molecule has 328 valence electrons. The smallest absolute Gasteiger partial charge is 0.329 e. The van der Waals surface area contributed by atoms with Crippen LogP contribution in [0.2, 0.25) is 0 Å². The molecule has 2 saturated carbocycles. The van der Waals surface area contributed by atoms with Crippen LogP contribution in [0.15, 0.2) is 52.3 Å². The Labute approximate surface area is 361 Å². The van der Waals surface area contributed by atoms with E-state index in [0.29, 0.717) is 42.9 Å². The second-order valence-electron chi connectivity index (χ2n) is 18.6. The molecule has 3 saturated heterocycles. The molecule has 4 aromatic rings. The number of carbonyl (C=O) groups excluding carboxylic acids is 3. The predicted octanol–water partition coefficient (Wildman–Crippen LogP) is 4.48. The summed E-state index contributed by atoms with van der Waals surface area (Å²) in [6.45, 7) is 5.36. The molecule has 5 fully saturated rings. The highest BCUT2D eigenvalue weighted by Crippen LogP contribution is 2.58. The minimum Gasteiger partial charge on any atom is -0.370 e. The Morgan fingerprint density at radius 1 is 0.935 bits per heavy atom.